The Kier molecular flexibility index (Phi) is 8.18. The lowest BCUT2D eigenvalue weighted by Crippen LogP contribution is -2.36. The molecule has 0 unspecified atom stereocenters. The molecule has 2 aliphatic rings. The van der Waals surface area contributed by atoms with Gasteiger partial charge in [-0.05, 0) is 99.1 Å². The van der Waals surface area contributed by atoms with Crippen molar-refractivity contribution in [2.75, 3.05) is 4.90 Å². The topological polar surface area (TPSA) is 68.2 Å². The zero-order valence-electron chi connectivity index (χ0n) is 37.5. The van der Waals surface area contributed by atoms with E-state index in [2.05, 4.69) is 157 Å². The molecule has 15 rings (SSSR count). The third-order valence-corrected chi connectivity index (χ3v) is 14.5. The van der Waals surface area contributed by atoms with E-state index in [4.69, 9.17) is 23.8 Å². The van der Waals surface area contributed by atoms with E-state index in [0.717, 1.165) is 88.8 Å². The third-order valence-electron chi connectivity index (χ3n) is 14.5. The van der Waals surface area contributed by atoms with Crippen molar-refractivity contribution in [1.29, 1.82) is 0 Å². The van der Waals surface area contributed by atoms with Crippen LogP contribution in [0.2, 0.25) is 0 Å². The summed E-state index contributed by atoms with van der Waals surface area (Å²) in [6.07, 6.45) is 0. The molecule has 1 aliphatic heterocycles. The molecule has 13 aromatic rings. The van der Waals surface area contributed by atoms with Crippen LogP contribution in [0, 0.1) is 0 Å². The summed E-state index contributed by atoms with van der Waals surface area (Å²) in [5, 5.41) is 4.12. The number of aromatic nitrogens is 3. The maximum absolute atomic E-state index is 6.66. The Hall–Kier alpha value is -9.39. The lowest BCUT2D eigenvalue weighted by Gasteiger charge is -2.45. The molecule has 0 saturated heterocycles. The van der Waals surface area contributed by atoms with E-state index in [0.29, 0.717) is 17.5 Å². The maximum atomic E-state index is 6.66. The van der Waals surface area contributed by atoms with Crippen LogP contribution in [-0.4, -0.2) is 15.0 Å². The van der Waals surface area contributed by atoms with E-state index >= 15 is 0 Å². The van der Waals surface area contributed by atoms with Crippen molar-refractivity contribution in [2.45, 2.75) is 5.41 Å². The molecule has 0 amide bonds. The van der Waals surface area contributed by atoms with Crippen molar-refractivity contribution in [1.82, 2.24) is 15.0 Å². The van der Waals surface area contributed by atoms with Gasteiger partial charge >= 0.3 is 0 Å². The molecule has 70 heavy (non-hydrogen) atoms. The lowest BCUT2D eigenvalue weighted by molar-refractivity contribution is 0.668. The van der Waals surface area contributed by atoms with Gasteiger partial charge in [0.25, 0.3) is 0 Å². The van der Waals surface area contributed by atoms with Crippen LogP contribution in [-0.2, 0) is 5.41 Å². The van der Waals surface area contributed by atoms with Crippen LogP contribution in [0.4, 0.5) is 17.1 Å². The van der Waals surface area contributed by atoms with Gasteiger partial charge in [0.1, 0.15) is 22.3 Å². The van der Waals surface area contributed by atoms with E-state index in [1.165, 1.54) is 33.4 Å². The molecule has 1 spiro atoms. The summed E-state index contributed by atoms with van der Waals surface area (Å²) in [7, 11) is 0. The zero-order valence-corrected chi connectivity index (χ0v) is 37.5. The SMILES string of the molecule is c1ccc(-c2nc(-c3ccccc3)nc(-c3cccc4oc5ccc(-c6ccc7c(c6)C6(c8ccccc8-c8ccccc86)c6ccccc6N7c6cccc7oc8ccccc8c67)cc5c34)n2)cc1. The quantitative estimate of drug-likeness (QED) is 0.171. The first-order chi connectivity index (χ1) is 34.7. The summed E-state index contributed by atoms with van der Waals surface area (Å²) in [5.41, 5.74) is 18.4. The Morgan fingerprint density at radius 2 is 0.800 bits per heavy atom. The number of anilines is 3. The second-order valence-electron chi connectivity index (χ2n) is 18.2. The minimum Gasteiger partial charge on any atom is -0.456 e. The first-order valence-corrected chi connectivity index (χ1v) is 23.7. The highest BCUT2D eigenvalue weighted by atomic mass is 16.3. The molecule has 3 aromatic heterocycles. The summed E-state index contributed by atoms with van der Waals surface area (Å²) >= 11 is 0. The summed E-state index contributed by atoms with van der Waals surface area (Å²) in [6, 6.07) is 81.7. The van der Waals surface area contributed by atoms with E-state index in [-0.39, 0.29) is 0 Å². The number of benzene rings is 10. The average molecular weight is 895 g/mol. The Balaban J connectivity index is 0.977. The smallest absolute Gasteiger partial charge is 0.164 e. The molecule has 0 radical (unpaired) electrons. The van der Waals surface area contributed by atoms with E-state index < -0.39 is 5.41 Å². The van der Waals surface area contributed by atoms with Crippen LogP contribution in [0.25, 0.3) is 100 Å². The molecule has 4 heterocycles. The summed E-state index contributed by atoms with van der Waals surface area (Å²) in [4.78, 5) is 17.8. The summed E-state index contributed by atoms with van der Waals surface area (Å²) in [5.74, 6) is 1.81. The highest BCUT2D eigenvalue weighted by Crippen LogP contribution is 2.64. The maximum Gasteiger partial charge on any atom is 0.164 e. The molecular formula is C64H38N4O2. The van der Waals surface area contributed by atoms with Crippen LogP contribution in [0.1, 0.15) is 22.3 Å². The van der Waals surface area contributed by atoms with Crippen molar-refractivity contribution in [2.24, 2.45) is 0 Å². The number of hydrogen-bond acceptors (Lipinski definition) is 6. The molecule has 0 fully saturated rings. The average Bonchev–Trinajstić information content (AvgIpc) is 4.11. The highest BCUT2D eigenvalue weighted by Gasteiger charge is 2.52. The summed E-state index contributed by atoms with van der Waals surface area (Å²) in [6.45, 7) is 0. The molecular weight excluding hydrogens is 857 g/mol. The Morgan fingerprint density at radius 1 is 0.300 bits per heavy atom. The van der Waals surface area contributed by atoms with Gasteiger partial charge in [-0.3, -0.25) is 0 Å². The van der Waals surface area contributed by atoms with Gasteiger partial charge in [0.2, 0.25) is 0 Å². The third kappa shape index (κ3) is 5.47. The van der Waals surface area contributed by atoms with Crippen molar-refractivity contribution in [3.63, 3.8) is 0 Å². The molecule has 1 aliphatic carbocycles. The molecule has 6 heteroatoms. The normalized spacial score (nSPS) is 13.2. The van der Waals surface area contributed by atoms with Crippen LogP contribution in [0.5, 0.6) is 0 Å². The minimum absolute atomic E-state index is 0.583. The van der Waals surface area contributed by atoms with Gasteiger partial charge in [-0.25, -0.2) is 15.0 Å². The first-order valence-electron chi connectivity index (χ1n) is 23.7. The van der Waals surface area contributed by atoms with Crippen LogP contribution >= 0.6 is 0 Å². The standard InChI is InChI=1S/C64H38N4O2/c1-3-17-39(18-4-1)61-65-62(40-19-5-2-6-20-40)67-63(66-61)46-24-15-31-57-59(46)47-37-41(34-36-56(47)70-57)42-33-35-53-51(38-42)64(48-25-10-7-21-43(48)44-22-8-11-26-49(44)64)50-27-12-13-28-52(50)68(53)54-29-16-32-58-60(54)45-23-9-14-30-55(45)69-58/h1-38H. The van der Waals surface area contributed by atoms with Gasteiger partial charge in [-0.1, -0.05) is 176 Å². The van der Waals surface area contributed by atoms with Crippen molar-refractivity contribution in [3.05, 3.63) is 253 Å². The zero-order chi connectivity index (χ0) is 45.9. The number of fused-ring (bicyclic) bond motifs is 15. The molecule has 326 valence electrons. The minimum atomic E-state index is -0.622. The van der Waals surface area contributed by atoms with Crippen molar-refractivity contribution >= 4 is 60.9 Å². The first kappa shape index (κ1) is 38.7. The molecule has 0 atom stereocenters. The van der Waals surface area contributed by atoms with Gasteiger partial charge in [-0.2, -0.15) is 0 Å². The molecule has 0 bridgehead atoms. The van der Waals surface area contributed by atoms with Gasteiger partial charge in [0.15, 0.2) is 17.5 Å². The lowest BCUT2D eigenvalue weighted by atomic mass is 9.64. The van der Waals surface area contributed by atoms with Crippen molar-refractivity contribution < 1.29 is 8.83 Å². The van der Waals surface area contributed by atoms with Crippen LogP contribution in [0.3, 0.4) is 0 Å². The fourth-order valence-electron chi connectivity index (χ4n) is 11.6. The highest BCUT2D eigenvalue weighted by molar-refractivity contribution is 6.15. The number of hydrogen-bond donors (Lipinski definition) is 0. The fourth-order valence-corrected chi connectivity index (χ4v) is 11.6. The Labute approximate surface area is 402 Å². The number of nitrogens with zero attached hydrogens (tertiary/aromatic N) is 4. The summed E-state index contributed by atoms with van der Waals surface area (Å²) < 4.78 is 13.2. The molecule has 6 nitrogen and oxygen atoms in total. The monoisotopic (exact) mass is 894 g/mol. The largest absolute Gasteiger partial charge is 0.456 e. The van der Waals surface area contributed by atoms with E-state index in [9.17, 15) is 0 Å². The second-order valence-corrected chi connectivity index (χ2v) is 18.2. The van der Waals surface area contributed by atoms with Crippen molar-refractivity contribution in [3.8, 4) is 56.4 Å². The predicted octanol–water partition coefficient (Wildman–Crippen LogP) is 16.5. The van der Waals surface area contributed by atoms with Gasteiger partial charge < -0.3 is 13.7 Å². The van der Waals surface area contributed by atoms with E-state index in [1.54, 1.807) is 0 Å². The van der Waals surface area contributed by atoms with E-state index in [1.807, 2.05) is 78.9 Å². The second kappa shape index (κ2) is 14.8. The Bertz CT molecular complexity index is 4160. The number of para-hydroxylation sites is 2. The van der Waals surface area contributed by atoms with Gasteiger partial charge in [0.05, 0.1) is 27.9 Å². The molecule has 0 N–H and O–H groups in total. The van der Waals surface area contributed by atoms with Gasteiger partial charge in [0, 0.05) is 32.8 Å². The Morgan fingerprint density at radius 3 is 1.53 bits per heavy atom. The van der Waals surface area contributed by atoms with Gasteiger partial charge in [-0.15, -0.1) is 0 Å². The van der Waals surface area contributed by atoms with Crippen LogP contribution < -0.4 is 4.90 Å². The number of furan rings is 2. The fraction of sp³-hybridized carbons (Fsp3) is 0.0156. The number of rotatable bonds is 5. The molecule has 0 saturated carbocycles. The predicted molar refractivity (Wildman–Crippen MR) is 282 cm³/mol. The van der Waals surface area contributed by atoms with Crippen LogP contribution in [0.15, 0.2) is 239 Å². The molecule has 10 aromatic carbocycles.